The van der Waals surface area contributed by atoms with Crippen molar-refractivity contribution in [1.82, 2.24) is 10.2 Å². The number of piperazine rings is 1. The number of aromatic hydroxyl groups is 1. The second kappa shape index (κ2) is 6.29. The van der Waals surface area contributed by atoms with Crippen LogP contribution in [0.5, 0.6) is 5.75 Å². The van der Waals surface area contributed by atoms with Gasteiger partial charge in [0.05, 0.1) is 6.04 Å². The third-order valence-electron chi connectivity index (χ3n) is 4.12. The molecule has 0 aromatic heterocycles. The highest BCUT2D eigenvalue weighted by atomic mass is 16.3. The van der Waals surface area contributed by atoms with Gasteiger partial charge in [-0.2, -0.15) is 0 Å². The molecule has 3 rings (SSSR count). The van der Waals surface area contributed by atoms with E-state index < -0.39 is 0 Å². The zero-order valence-electron chi connectivity index (χ0n) is 12.4. The number of rotatable bonds is 3. The lowest BCUT2D eigenvalue weighted by Crippen LogP contribution is -2.45. The second-order valence-corrected chi connectivity index (χ2v) is 5.69. The summed E-state index contributed by atoms with van der Waals surface area (Å²) in [6.45, 7) is 6.25. The molecule has 0 spiro atoms. The molecule has 1 atom stereocenters. The van der Waals surface area contributed by atoms with Gasteiger partial charge in [0.15, 0.2) is 0 Å². The van der Waals surface area contributed by atoms with Crippen LogP contribution in [0.25, 0.3) is 0 Å². The third-order valence-corrected chi connectivity index (χ3v) is 4.12. The van der Waals surface area contributed by atoms with Crippen molar-refractivity contribution in [2.75, 3.05) is 26.2 Å². The van der Waals surface area contributed by atoms with Gasteiger partial charge in [-0.15, -0.1) is 0 Å². The number of phenolic OH excluding ortho intramolecular Hbond substituents is 1. The second-order valence-electron chi connectivity index (χ2n) is 5.69. The van der Waals surface area contributed by atoms with Gasteiger partial charge < -0.3 is 10.4 Å². The van der Waals surface area contributed by atoms with Gasteiger partial charge in [0, 0.05) is 26.2 Å². The highest BCUT2D eigenvalue weighted by molar-refractivity contribution is 5.36. The summed E-state index contributed by atoms with van der Waals surface area (Å²) in [6, 6.07) is 16.6. The molecule has 2 aromatic rings. The Balaban J connectivity index is 1.97. The molecule has 0 saturated carbocycles. The van der Waals surface area contributed by atoms with Crippen LogP contribution >= 0.6 is 0 Å². The fraction of sp³-hybridized carbons (Fsp3) is 0.333. The van der Waals surface area contributed by atoms with E-state index in [-0.39, 0.29) is 6.04 Å². The summed E-state index contributed by atoms with van der Waals surface area (Å²) in [5.41, 5.74) is 3.83. The van der Waals surface area contributed by atoms with Crippen LogP contribution in [0, 0.1) is 6.92 Å². The molecule has 1 aliphatic rings. The molecule has 1 fully saturated rings. The first-order valence-electron chi connectivity index (χ1n) is 7.54. The van der Waals surface area contributed by atoms with Gasteiger partial charge in [0.1, 0.15) is 5.75 Å². The minimum Gasteiger partial charge on any atom is -0.508 e. The van der Waals surface area contributed by atoms with Crippen molar-refractivity contribution in [3.8, 4) is 5.75 Å². The molecule has 1 heterocycles. The molecule has 2 N–H and O–H groups in total. The first-order valence-corrected chi connectivity index (χ1v) is 7.54. The Morgan fingerprint density at radius 3 is 2.00 bits per heavy atom. The monoisotopic (exact) mass is 282 g/mol. The van der Waals surface area contributed by atoms with E-state index in [2.05, 4.69) is 41.4 Å². The van der Waals surface area contributed by atoms with Gasteiger partial charge in [-0.1, -0.05) is 42.0 Å². The minimum atomic E-state index is 0.258. The maximum Gasteiger partial charge on any atom is 0.115 e. The molecule has 2 aromatic carbocycles. The summed E-state index contributed by atoms with van der Waals surface area (Å²) in [5.74, 6) is 0.321. The fourth-order valence-corrected chi connectivity index (χ4v) is 2.96. The van der Waals surface area contributed by atoms with Gasteiger partial charge in [-0.25, -0.2) is 0 Å². The van der Waals surface area contributed by atoms with Crippen LogP contribution in [-0.2, 0) is 0 Å². The Kier molecular flexibility index (Phi) is 4.23. The van der Waals surface area contributed by atoms with E-state index in [4.69, 9.17) is 0 Å². The highest BCUT2D eigenvalue weighted by Gasteiger charge is 2.23. The number of hydrogen-bond donors (Lipinski definition) is 2. The molecule has 3 heteroatoms. The third kappa shape index (κ3) is 3.26. The van der Waals surface area contributed by atoms with E-state index in [0.29, 0.717) is 5.75 Å². The van der Waals surface area contributed by atoms with Gasteiger partial charge in [-0.05, 0) is 30.2 Å². The molecular formula is C18H22N2O. The van der Waals surface area contributed by atoms with Crippen molar-refractivity contribution >= 4 is 0 Å². The van der Waals surface area contributed by atoms with Crippen molar-refractivity contribution in [1.29, 1.82) is 0 Å². The summed E-state index contributed by atoms with van der Waals surface area (Å²) >= 11 is 0. The van der Waals surface area contributed by atoms with E-state index in [1.54, 1.807) is 12.1 Å². The number of nitrogens with zero attached hydrogens (tertiary/aromatic N) is 1. The van der Waals surface area contributed by atoms with Crippen LogP contribution in [0.4, 0.5) is 0 Å². The molecule has 0 amide bonds. The number of hydrogen-bond acceptors (Lipinski definition) is 3. The van der Waals surface area contributed by atoms with Crippen LogP contribution in [-0.4, -0.2) is 36.2 Å². The number of nitrogens with one attached hydrogen (secondary N) is 1. The summed E-state index contributed by atoms with van der Waals surface area (Å²) in [5, 5.41) is 12.9. The summed E-state index contributed by atoms with van der Waals surface area (Å²) in [6.07, 6.45) is 0. The Bertz CT molecular complexity index is 526. The molecule has 3 nitrogen and oxygen atoms in total. The zero-order chi connectivity index (χ0) is 14.7. The molecule has 0 bridgehead atoms. The SMILES string of the molecule is Cc1ccc(C(c2ccc(O)cc2)N2CCNCC2)cc1. The normalized spacial score (nSPS) is 17.6. The minimum absolute atomic E-state index is 0.258. The molecule has 21 heavy (non-hydrogen) atoms. The average molecular weight is 282 g/mol. The Morgan fingerprint density at radius 2 is 1.43 bits per heavy atom. The van der Waals surface area contributed by atoms with Crippen LogP contribution < -0.4 is 5.32 Å². The van der Waals surface area contributed by atoms with Crippen molar-refractivity contribution in [2.45, 2.75) is 13.0 Å². The lowest BCUT2D eigenvalue weighted by atomic mass is 9.95. The smallest absolute Gasteiger partial charge is 0.115 e. The first-order chi connectivity index (χ1) is 10.2. The van der Waals surface area contributed by atoms with E-state index in [1.165, 1.54) is 16.7 Å². The predicted octanol–water partition coefficient (Wildman–Crippen LogP) is 2.70. The van der Waals surface area contributed by atoms with Crippen LogP contribution in [0.1, 0.15) is 22.7 Å². The van der Waals surface area contributed by atoms with Crippen molar-refractivity contribution in [2.24, 2.45) is 0 Å². The topological polar surface area (TPSA) is 35.5 Å². The van der Waals surface area contributed by atoms with E-state index in [9.17, 15) is 5.11 Å². The van der Waals surface area contributed by atoms with Crippen LogP contribution in [0.2, 0.25) is 0 Å². The molecule has 1 aliphatic heterocycles. The largest absolute Gasteiger partial charge is 0.508 e. The van der Waals surface area contributed by atoms with Gasteiger partial charge >= 0.3 is 0 Å². The lowest BCUT2D eigenvalue weighted by molar-refractivity contribution is 0.198. The Hall–Kier alpha value is -1.84. The highest BCUT2D eigenvalue weighted by Crippen LogP contribution is 2.30. The van der Waals surface area contributed by atoms with E-state index in [1.807, 2.05) is 12.1 Å². The molecule has 1 saturated heterocycles. The number of phenols is 1. The van der Waals surface area contributed by atoms with Crippen molar-refractivity contribution in [3.05, 3.63) is 65.2 Å². The van der Waals surface area contributed by atoms with Gasteiger partial charge in [-0.3, -0.25) is 4.90 Å². The van der Waals surface area contributed by atoms with Gasteiger partial charge in [0.25, 0.3) is 0 Å². The standard InChI is InChI=1S/C18H22N2O/c1-14-2-4-15(5-3-14)18(20-12-10-19-11-13-20)16-6-8-17(21)9-7-16/h2-9,18-19,21H,10-13H2,1H3. The van der Waals surface area contributed by atoms with Gasteiger partial charge in [0.2, 0.25) is 0 Å². The predicted molar refractivity (Wildman–Crippen MR) is 85.6 cm³/mol. The maximum absolute atomic E-state index is 9.53. The van der Waals surface area contributed by atoms with E-state index in [0.717, 1.165) is 26.2 Å². The molecule has 110 valence electrons. The van der Waals surface area contributed by atoms with Crippen LogP contribution in [0.3, 0.4) is 0 Å². The number of benzene rings is 2. The maximum atomic E-state index is 9.53. The van der Waals surface area contributed by atoms with Crippen molar-refractivity contribution in [3.63, 3.8) is 0 Å². The average Bonchev–Trinajstić information content (AvgIpc) is 2.52. The van der Waals surface area contributed by atoms with Crippen LogP contribution in [0.15, 0.2) is 48.5 Å². The van der Waals surface area contributed by atoms with E-state index >= 15 is 0 Å². The number of aryl methyl sites for hydroxylation is 1. The quantitative estimate of drug-likeness (QED) is 0.908. The summed E-state index contributed by atoms with van der Waals surface area (Å²) in [4.78, 5) is 2.51. The lowest BCUT2D eigenvalue weighted by Gasteiger charge is -2.35. The van der Waals surface area contributed by atoms with Crippen molar-refractivity contribution < 1.29 is 5.11 Å². The zero-order valence-corrected chi connectivity index (χ0v) is 12.4. The Morgan fingerprint density at radius 1 is 0.905 bits per heavy atom. The fourth-order valence-electron chi connectivity index (χ4n) is 2.96. The summed E-state index contributed by atoms with van der Waals surface area (Å²) in [7, 11) is 0. The molecular weight excluding hydrogens is 260 g/mol. The molecule has 1 unspecified atom stereocenters. The molecule has 0 aliphatic carbocycles. The summed E-state index contributed by atoms with van der Waals surface area (Å²) < 4.78 is 0. The molecule has 0 radical (unpaired) electrons. The first kappa shape index (κ1) is 14.1. The Labute approximate surface area is 126 Å².